The number of rotatable bonds is 4. The first-order valence-corrected chi connectivity index (χ1v) is 12.8. The molecule has 1 aromatic heterocycles. The molecule has 0 amide bonds. The summed E-state index contributed by atoms with van der Waals surface area (Å²) in [5, 5.41) is 0. The van der Waals surface area contributed by atoms with Crippen molar-refractivity contribution in [1.29, 1.82) is 0 Å². The van der Waals surface area contributed by atoms with Crippen molar-refractivity contribution < 1.29 is 17.2 Å². The molecule has 1 saturated heterocycles. The normalized spacial score (nSPS) is 17.2. The summed E-state index contributed by atoms with van der Waals surface area (Å²) in [6.07, 6.45) is 3.59. The molecule has 2 aliphatic heterocycles. The third-order valence-electron chi connectivity index (χ3n) is 6.68. The van der Waals surface area contributed by atoms with Crippen molar-refractivity contribution in [3.05, 3.63) is 70.9 Å². The zero-order valence-electron chi connectivity index (χ0n) is 18.6. The molecule has 0 radical (unpaired) electrons. The van der Waals surface area contributed by atoms with E-state index in [2.05, 4.69) is 9.88 Å². The smallest absolute Gasteiger partial charge is 0.243 e. The molecule has 0 unspecified atom stereocenters. The van der Waals surface area contributed by atoms with Gasteiger partial charge in [-0.2, -0.15) is 4.31 Å². The van der Waals surface area contributed by atoms with E-state index < -0.39 is 21.7 Å². The first-order chi connectivity index (χ1) is 15.8. The maximum absolute atomic E-state index is 14.2. The van der Waals surface area contributed by atoms with Crippen LogP contribution in [0.5, 0.6) is 0 Å². The van der Waals surface area contributed by atoms with E-state index in [0.29, 0.717) is 36.6 Å². The maximum atomic E-state index is 14.2. The van der Waals surface area contributed by atoms with E-state index in [1.807, 2.05) is 19.1 Å². The predicted molar refractivity (Wildman–Crippen MR) is 125 cm³/mol. The van der Waals surface area contributed by atoms with Crippen LogP contribution in [-0.2, 0) is 23.0 Å². The van der Waals surface area contributed by atoms with Crippen LogP contribution in [0.15, 0.2) is 47.4 Å². The zero-order chi connectivity index (χ0) is 23.2. The molecule has 0 atom stereocenters. The van der Waals surface area contributed by atoms with Crippen molar-refractivity contribution in [2.24, 2.45) is 0 Å². The average Bonchev–Trinajstić information content (AvgIpc) is 3.22. The Hall–Kier alpha value is -2.71. The lowest BCUT2D eigenvalue weighted by Crippen LogP contribution is -2.35. The number of aromatic amines is 1. The second-order valence-corrected chi connectivity index (χ2v) is 10.8. The lowest BCUT2D eigenvalue weighted by atomic mass is 10.0. The van der Waals surface area contributed by atoms with Crippen LogP contribution in [-0.4, -0.2) is 37.3 Å². The summed E-state index contributed by atoms with van der Waals surface area (Å²) in [4.78, 5) is 5.71. The van der Waals surface area contributed by atoms with Gasteiger partial charge in [0.15, 0.2) is 0 Å². The standard InChI is InChI=1S/C25H27F2N3O2S/c1-17-14-19(33(31,32)30-11-3-2-4-12-30)8-9-24(17)29-13-10-22-18(16-29)15-23(28-22)25-20(26)6-5-7-21(25)27/h5-9,14-15,28H,2-4,10-13,16H2,1H3. The molecular weight excluding hydrogens is 444 g/mol. The van der Waals surface area contributed by atoms with E-state index in [1.54, 1.807) is 16.4 Å². The van der Waals surface area contributed by atoms with Gasteiger partial charge in [0, 0.05) is 44.0 Å². The Labute approximate surface area is 193 Å². The fourth-order valence-corrected chi connectivity index (χ4v) is 6.53. The second-order valence-electron chi connectivity index (χ2n) is 8.87. The van der Waals surface area contributed by atoms with E-state index >= 15 is 0 Å². The van der Waals surface area contributed by atoms with Gasteiger partial charge in [-0.05, 0) is 67.3 Å². The van der Waals surface area contributed by atoms with Gasteiger partial charge in [0.2, 0.25) is 10.0 Å². The van der Waals surface area contributed by atoms with Crippen LogP contribution in [0.4, 0.5) is 14.5 Å². The van der Waals surface area contributed by atoms with Gasteiger partial charge in [-0.25, -0.2) is 17.2 Å². The Kier molecular flexibility index (Phi) is 5.74. The molecular formula is C25H27F2N3O2S. The summed E-state index contributed by atoms with van der Waals surface area (Å²) in [6.45, 7) is 4.40. The predicted octanol–water partition coefficient (Wildman–Crippen LogP) is 5.01. The molecule has 5 rings (SSSR count). The van der Waals surface area contributed by atoms with Crippen LogP contribution >= 0.6 is 0 Å². The van der Waals surface area contributed by atoms with Crippen LogP contribution in [0.1, 0.15) is 36.1 Å². The van der Waals surface area contributed by atoms with E-state index in [0.717, 1.165) is 48.3 Å². The summed E-state index contributed by atoms with van der Waals surface area (Å²) in [6, 6.07) is 11.0. The number of sulfonamides is 1. The molecule has 33 heavy (non-hydrogen) atoms. The molecule has 174 valence electrons. The first kappa shape index (κ1) is 22.1. The second kappa shape index (κ2) is 8.57. The zero-order valence-corrected chi connectivity index (χ0v) is 19.4. The number of nitrogens with one attached hydrogen (secondary N) is 1. The molecule has 3 aromatic rings. The number of benzene rings is 2. The number of hydrogen-bond acceptors (Lipinski definition) is 3. The Morgan fingerprint density at radius 2 is 1.67 bits per heavy atom. The quantitative estimate of drug-likeness (QED) is 0.582. The van der Waals surface area contributed by atoms with E-state index in [-0.39, 0.29) is 5.56 Å². The summed E-state index contributed by atoms with van der Waals surface area (Å²) in [5.41, 5.74) is 4.23. The Morgan fingerprint density at radius 3 is 2.36 bits per heavy atom. The van der Waals surface area contributed by atoms with Crippen molar-refractivity contribution in [2.45, 2.75) is 44.0 Å². The summed E-state index contributed by atoms with van der Waals surface area (Å²) in [5.74, 6) is -1.18. The number of nitrogens with zero attached hydrogens (tertiary/aromatic N) is 2. The molecule has 0 bridgehead atoms. The van der Waals surface area contributed by atoms with Gasteiger partial charge in [-0.3, -0.25) is 0 Å². The first-order valence-electron chi connectivity index (χ1n) is 11.4. The number of anilines is 1. The molecule has 2 aromatic carbocycles. The van der Waals surface area contributed by atoms with Crippen LogP contribution in [0.2, 0.25) is 0 Å². The van der Waals surface area contributed by atoms with Crippen LogP contribution < -0.4 is 4.90 Å². The lowest BCUT2D eigenvalue weighted by molar-refractivity contribution is 0.346. The summed E-state index contributed by atoms with van der Waals surface area (Å²) >= 11 is 0. The van der Waals surface area contributed by atoms with Gasteiger partial charge in [0.05, 0.1) is 16.2 Å². The molecule has 3 heterocycles. The highest BCUT2D eigenvalue weighted by Gasteiger charge is 2.27. The largest absolute Gasteiger partial charge is 0.367 e. The van der Waals surface area contributed by atoms with Crippen LogP contribution in [0.3, 0.4) is 0 Å². The van der Waals surface area contributed by atoms with Crippen molar-refractivity contribution in [2.75, 3.05) is 24.5 Å². The van der Waals surface area contributed by atoms with Gasteiger partial charge in [-0.1, -0.05) is 12.5 Å². The number of halogens is 2. The van der Waals surface area contributed by atoms with Crippen molar-refractivity contribution in [3.8, 4) is 11.3 Å². The number of piperidine rings is 1. The Bertz CT molecular complexity index is 1280. The monoisotopic (exact) mass is 471 g/mol. The van der Waals surface area contributed by atoms with E-state index in [4.69, 9.17) is 0 Å². The Balaban J connectivity index is 1.39. The molecule has 5 nitrogen and oxygen atoms in total. The van der Waals surface area contributed by atoms with Gasteiger partial charge in [-0.15, -0.1) is 0 Å². The Morgan fingerprint density at radius 1 is 0.939 bits per heavy atom. The molecule has 8 heteroatoms. The third kappa shape index (κ3) is 4.06. The third-order valence-corrected chi connectivity index (χ3v) is 8.57. The van der Waals surface area contributed by atoms with Gasteiger partial charge in [0.1, 0.15) is 11.6 Å². The summed E-state index contributed by atoms with van der Waals surface area (Å²) in [7, 11) is -3.48. The lowest BCUT2D eigenvalue weighted by Gasteiger charge is -2.31. The SMILES string of the molecule is Cc1cc(S(=O)(=O)N2CCCCC2)ccc1N1CCc2[nH]c(-c3c(F)cccc3F)cc2C1. The highest BCUT2D eigenvalue weighted by molar-refractivity contribution is 7.89. The van der Waals surface area contributed by atoms with Crippen molar-refractivity contribution in [3.63, 3.8) is 0 Å². The molecule has 0 spiro atoms. The van der Waals surface area contributed by atoms with Gasteiger partial charge >= 0.3 is 0 Å². The molecule has 0 saturated carbocycles. The topological polar surface area (TPSA) is 56.4 Å². The fraction of sp³-hybridized carbons (Fsp3) is 0.360. The molecule has 2 aliphatic rings. The van der Waals surface area contributed by atoms with Crippen LogP contribution in [0, 0.1) is 18.6 Å². The number of aromatic nitrogens is 1. The van der Waals surface area contributed by atoms with Crippen molar-refractivity contribution >= 4 is 15.7 Å². The molecule has 0 aliphatic carbocycles. The van der Waals surface area contributed by atoms with Gasteiger partial charge in [0.25, 0.3) is 0 Å². The van der Waals surface area contributed by atoms with Gasteiger partial charge < -0.3 is 9.88 Å². The average molecular weight is 472 g/mol. The van der Waals surface area contributed by atoms with Crippen LogP contribution in [0.25, 0.3) is 11.3 Å². The molecule has 1 fully saturated rings. The minimum atomic E-state index is -3.48. The van der Waals surface area contributed by atoms with E-state index in [1.165, 1.54) is 18.2 Å². The number of H-pyrrole nitrogens is 1. The molecule has 1 N–H and O–H groups in total. The number of fused-ring (bicyclic) bond motifs is 1. The fourth-order valence-electron chi connectivity index (χ4n) is 4.93. The minimum Gasteiger partial charge on any atom is -0.367 e. The maximum Gasteiger partial charge on any atom is 0.243 e. The van der Waals surface area contributed by atoms with Crippen molar-refractivity contribution in [1.82, 2.24) is 9.29 Å². The number of aryl methyl sites for hydroxylation is 1. The minimum absolute atomic E-state index is 0.0399. The number of hydrogen-bond donors (Lipinski definition) is 1. The highest BCUT2D eigenvalue weighted by atomic mass is 32.2. The van der Waals surface area contributed by atoms with E-state index in [9.17, 15) is 17.2 Å². The highest BCUT2D eigenvalue weighted by Crippen LogP contribution is 2.33. The summed E-state index contributed by atoms with van der Waals surface area (Å²) < 4.78 is 56.1.